The van der Waals surface area contributed by atoms with Crippen LogP contribution in [0, 0.1) is 0 Å². The van der Waals surface area contributed by atoms with Gasteiger partial charge in [0.25, 0.3) is 0 Å². The molecule has 40 heavy (non-hydrogen) atoms. The van der Waals surface area contributed by atoms with E-state index >= 15 is 0 Å². The van der Waals surface area contributed by atoms with Crippen LogP contribution in [0.1, 0.15) is 176 Å². The largest absolute Gasteiger partial charge is 0.460 e. The van der Waals surface area contributed by atoms with Crippen molar-refractivity contribution in [3.05, 3.63) is 23.3 Å². The molecule has 0 aliphatic heterocycles. The molecule has 0 atom stereocenters. The van der Waals surface area contributed by atoms with E-state index in [0.717, 1.165) is 25.9 Å². The van der Waals surface area contributed by atoms with E-state index in [9.17, 15) is 4.79 Å². The predicted molar refractivity (Wildman–Crippen MR) is 184 cm³/mol. The van der Waals surface area contributed by atoms with Crippen molar-refractivity contribution in [2.75, 3.05) is 26.2 Å². The molecule has 0 saturated heterocycles. The third-order valence-electron chi connectivity index (χ3n) is 7.78. The number of halogens is 1. The number of nitrogens with zero attached hydrogens (tertiary/aromatic N) is 1. The molecule has 0 spiro atoms. The van der Waals surface area contributed by atoms with Crippen LogP contribution in [0.5, 0.6) is 0 Å². The van der Waals surface area contributed by atoms with Crippen molar-refractivity contribution in [2.24, 2.45) is 0 Å². The summed E-state index contributed by atoms with van der Waals surface area (Å²) in [5.41, 5.74) is 2.66. The summed E-state index contributed by atoms with van der Waals surface area (Å²) in [5.74, 6) is -0.0671. The van der Waals surface area contributed by atoms with Crippen LogP contribution in [0.2, 0.25) is 0 Å². The van der Waals surface area contributed by atoms with Crippen LogP contribution in [0.15, 0.2) is 23.3 Å². The monoisotopic (exact) mass is 627 g/mol. The minimum absolute atomic E-state index is 0. The molecule has 0 rings (SSSR count). The zero-order chi connectivity index (χ0) is 28.8. The lowest BCUT2D eigenvalue weighted by Gasteiger charge is -2.21. The van der Waals surface area contributed by atoms with Crippen LogP contribution >= 0.6 is 17.0 Å². The van der Waals surface area contributed by atoms with Gasteiger partial charge in [-0.2, -0.15) is 0 Å². The summed E-state index contributed by atoms with van der Waals surface area (Å²) in [5, 5.41) is 0. The molecule has 0 unspecified atom stereocenters. The Hall–Kier alpha value is -0.610. The van der Waals surface area contributed by atoms with E-state index in [-0.39, 0.29) is 23.0 Å². The summed E-state index contributed by atoms with van der Waals surface area (Å²) in [4.78, 5) is 15.0. The van der Waals surface area contributed by atoms with Crippen molar-refractivity contribution < 1.29 is 9.53 Å². The number of esters is 1. The lowest BCUT2D eigenvalue weighted by Crippen LogP contribution is -2.33. The molecule has 4 heteroatoms. The molecule has 0 bridgehead atoms. The number of hydrogen-bond donors (Lipinski definition) is 0. The molecule has 0 amide bonds. The van der Waals surface area contributed by atoms with Crippen LogP contribution in [-0.4, -0.2) is 37.1 Å². The Morgan fingerprint density at radius 2 is 1.00 bits per heavy atom. The van der Waals surface area contributed by atoms with Gasteiger partial charge in [-0.1, -0.05) is 147 Å². The van der Waals surface area contributed by atoms with Crippen molar-refractivity contribution in [2.45, 2.75) is 176 Å². The van der Waals surface area contributed by atoms with Gasteiger partial charge in [-0.05, 0) is 65.6 Å². The Morgan fingerprint density at radius 1 is 0.600 bits per heavy atom. The average Bonchev–Trinajstić information content (AvgIpc) is 2.90. The molecule has 0 aromatic rings. The number of ether oxygens (including phenoxy) is 1. The molecular weight excluding hydrogens is 558 g/mol. The van der Waals surface area contributed by atoms with Gasteiger partial charge in [-0.3, -0.25) is 9.69 Å². The first-order chi connectivity index (χ1) is 19.0. The summed E-state index contributed by atoms with van der Waals surface area (Å²) < 4.78 is 5.60. The molecule has 0 aromatic carbocycles. The molecule has 0 aromatic heterocycles. The summed E-state index contributed by atoms with van der Waals surface area (Å²) >= 11 is 0. The second-order valence-electron chi connectivity index (χ2n) is 12.2. The maximum Gasteiger partial charge on any atom is 0.320 e. The van der Waals surface area contributed by atoms with E-state index in [0.29, 0.717) is 13.2 Å². The van der Waals surface area contributed by atoms with Crippen LogP contribution in [0.25, 0.3) is 0 Å². The number of rotatable bonds is 29. The minimum atomic E-state index is -0.0671. The molecule has 238 valence electrons. The highest BCUT2D eigenvalue weighted by molar-refractivity contribution is 8.93. The fourth-order valence-electron chi connectivity index (χ4n) is 5.11. The van der Waals surface area contributed by atoms with Crippen molar-refractivity contribution >= 4 is 23.0 Å². The highest BCUT2D eigenvalue weighted by Crippen LogP contribution is 2.13. The van der Waals surface area contributed by atoms with E-state index in [4.69, 9.17) is 4.74 Å². The standard InChI is InChI=1S/C36H69NO2.BrH/c1-6-8-10-12-14-16-18-20-22-24-30-37(31-25-23-21-19-17-15-13-11-9-7-2)33-36(38)39-32-29-35(5)28-26-27-34(3)4;/h27,29H,6-26,28,30-33H2,1-5H3;1H/b35-29+;. The smallest absolute Gasteiger partial charge is 0.320 e. The molecule has 0 heterocycles. The zero-order valence-corrected chi connectivity index (χ0v) is 29.4. The van der Waals surface area contributed by atoms with E-state index in [2.05, 4.69) is 51.7 Å². The number of allylic oxidation sites excluding steroid dienone is 3. The predicted octanol–water partition coefficient (Wildman–Crippen LogP) is 11.9. The van der Waals surface area contributed by atoms with Gasteiger partial charge >= 0.3 is 5.97 Å². The Labute approximate surface area is 262 Å². The highest BCUT2D eigenvalue weighted by Gasteiger charge is 2.11. The van der Waals surface area contributed by atoms with Crippen molar-refractivity contribution in [1.29, 1.82) is 0 Å². The summed E-state index contributed by atoms with van der Waals surface area (Å²) in [6.45, 7) is 13.9. The molecular formula is C36H70BrNO2. The molecule has 3 nitrogen and oxygen atoms in total. The van der Waals surface area contributed by atoms with Crippen molar-refractivity contribution in [3.63, 3.8) is 0 Å². The highest BCUT2D eigenvalue weighted by atomic mass is 79.9. The molecule has 0 saturated carbocycles. The second-order valence-corrected chi connectivity index (χ2v) is 12.2. The Bertz CT molecular complexity index is 574. The lowest BCUT2D eigenvalue weighted by molar-refractivity contribution is -0.143. The first-order valence-corrected chi connectivity index (χ1v) is 17.2. The topological polar surface area (TPSA) is 29.5 Å². The van der Waals surface area contributed by atoms with E-state index in [1.54, 1.807) is 0 Å². The normalized spacial score (nSPS) is 11.5. The van der Waals surface area contributed by atoms with Crippen molar-refractivity contribution in [1.82, 2.24) is 4.90 Å². The fraction of sp³-hybridized carbons (Fsp3) is 0.861. The SMILES string of the molecule is Br.CCCCCCCCCCCCN(CCCCCCCCCCCC)CC(=O)OC/C=C(\C)CCC=C(C)C. The Balaban J connectivity index is 0. The van der Waals surface area contributed by atoms with Gasteiger partial charge in [0, 0.05) is 0 Å². The van der Waals surface area contributed by atoms with Crippen molar-refractivity contribution in [3.8, 4) is 0 Å². The van der Waals surface area contributed by atoms with E-state index in [1.165, 1.54) is 140 Å². The third kappa shape index (κ3) is 31.9. The Morgan fingerprint density at radius 3 is 1.40 bits per heavy atom. The second kappa shape index (κ2) is 32.9. The zero-order valence-electron chi connectivity index (χ0n) is 27.7. The van der Waals surface area contributed by atoms with E-state index in [1.807, 2.05) is 0 Å². The van der Waals surface area contributed by atoms with E-state index < -0.39 is 0 Å². The van der Waals surface area contributed by atoms with Crippen LogP contribution in [0.3, 0.4) is 0 Å². The van der Waals surface area contributed by atoms with Crippen LogP contribution in [0.4, 0.5) is 0 Å². The molecule has 0 N–H and O–H groups in total. The van der Waals surface area contributed by atoms with Crippen LogP contribution < -0.4 is 0 Å². The molecule has 0 radical (unpaired) electrons. The van der Waals surface area contributed by atoms with Gasteiger partial charge in [0.1, 0.15) is 6.61 Å². The maximum absolute atomic E-state index is 12.6. The number of hydrogen-bond acceptors (Lipinski definition) is 3. The first-order valence-electron chi connectivity index (χ1n) is 17.2. The average molecular weight is 629 g/mol. The van der Waals surface area contributed by atoms with Crippen LogP contribution in [-0.2, 0) is 9.53 Å². The summed E-state index contributed by atoms with van der Waals surface area (Å²) in [7, 11) is 0. The first kappa shape index (κ1) is 41.5. The number of carbonyl (C=O) groups excluding carboxylic acids is 1. The van der Waals surface area contributed by atoms with Gasteiger partial charge < -0.3 is 4.74 Å². The quantitative estimate of drug-likeness (QED) is 0.0469. The minimum Gasteiger partial charge on any atom is -0.460 e. The van der Waals surface area contributed by atoms with Gasteiger partial charge in [0.05, 0.1) is 6.54 Å². The number of carbonyl (C=O) groups is 1. The van der Waals surface area contributed by atoms with Gasteiger partial charge in [-0.15, -0.1) is 17.0 Å². The van der Waals surface area contributed by atoms with Gasteiger partial charge in [-0.25, -0.2) is 0 Å². The molecule has 0 aliphatic rings. The lowest BCUT2D eigenvalue weighted by atomic mass is 10.1. The fourth-order valence-corrected chi connectivity index (χ4v) is 5.11. The summed E-state index contributed by atoms with van der Waals surface area (Å²) in [6.07, 6.45) is 33.5. The molecule has 0 fully saturated rings. The third-order valence-corrected chi connectivity index (χ3v) is 7.78. The van der Waals surface area contributed by atoms with Gasteiger partial charge in [0.15, 0.2) is 0 Å². The Kier molecular flexibility index (Phi) is 34.2. The summed E-state index contributed by atoms with van der Waals surface area (Å²) in [6, 6.07) is 0. The number of unbranched alkanes of at least 4 members (excludes halogenated alkanes) is 18. The van der Waals surface area contributed by atoms with Gasteiger partial charge in [0.2, 0.25) is 0 Å². The maximum atomic E-state index is 12.6. The molecule has 0 aliphatic carbocycles.